The van der Waals surface area contributed by atoms with E-state index >= 15 is 0 Å². The molecule has 0 radical (unpaired) electrons. The quantitative estimate of drug-likeness (QED) is 0.841. The van der Waals surface area contributed by atoms with Gasteiger partial charge in [-0.3, -0.25) is 4.90 Å². The van der Waals surface area contributed by atoms with Gasteiger partial charge in [0.1, 0.15) is 5.76 Å². The standard InChI is InChI=1S/C18H26N2O/c1-14(2)19-11-18-17(8-9-21-18)13-20(4)12-16-7-5-6-15(3)10-16/h5-10,14,19H,11-13H2,1-4H3. The van der Waals surface area contributed by atoms with Gasteiger partial charge in [-0.25, -0.2) is 0 Å². The Balaban J connectivity index is 1.93. The van der Waals surface area contributed by atoms with Crippen molar-refractivity contribution in [2.75, 3.05) is 7.05 Å². The highest BCUT2D eigenvalue weighted by Crippen LogP contribution is 2.15. The Morgan fingerprint density at radius 2 is 2.00 bits per heavy atom. The fourth-order valence-corrected chi connectivity index (χ4v) is 2.43. The summed E-state index contributed by atoms with van der Waals surface area (Å²) < 4.78 is 5.60. The first-order chi connectivity index (χ1) is 10.0. The van der Waals surface area contributed by atoms with Gasteiger partial charge in [0, 0.05) is 24.7 Å². The van der Waals surface area contributed by atoms with Crippen LogP contribution in [0.4, 0.5) is 0 Å². The Labute approximate surface area is 128 Å². The largest absolute Gasteiger partial charge is 0.468 e. The monoisotopic (exact) mass is 286 g/mol. The summed E-state index contributed by atoms with van der Waals surface area (Å²) in [6.45, 7) is 9.07. The van der Waals surface area contributed by atoms with E-state index in [-0.39, 0.29) is 0 Å². The smallest absolute Gasteiger partial charge is 0.122 e. The van der Waals surface area contributed by atoms with Crippen LogP contribution in [0.2, 0.25) is 0 Å². The van der Waals surface area contributed by atoms with E-state index in [2.05, 4.69) is 68.4 Å². The minimum absolute atomic E-state index is 0.466. The van der Waals surface area contributed by atoms with E-state index in [1.165, 1.54) is 16.7 Å². The summed E-state index contributed by atoms with van der Waals surface area (Å²) >= 11 is 0. The van der Waals surface area contributed by atoms with Crippen molar-refractivity contribution >= 4 is 0 Å². The first-order valence-corrected chi connectivity index (χ1v) is 7.57. The molecular formula is C18H26N2O. The lowest BCUT2D eigenvalue weighted by Gasteiger charge is -2.17. The maximum absolute atomic E-state index is 5.60. The summed E-state index contributed by atoms with van der Waals surface area (Å²) in [5, 5.41) is 3.41. The number of benzene rings is 1. The molecule has 0 saturated carbocycles. The summed E-state index contributed by atoms with van der Waals surface area (Å²) in [4.78, 5) is 2.32. The Hall–Kier alpha value is -1.58. The summed E-state index contributed by atoms with van der Waals surface area (Å²) in [6.07, 6.45) is 1.78. The van der Waals surface area contributed by atoms with E-state index in [9.17, 15) is 0 Å². The molecular weight excluding hydrogens is 260 g/mol. The normalized spacial score (nSPS) is 11.5. The Kier molecular flexibility index (Phi) is 5.59. The van der Waals surface area contributed by atoms with Crippen LogP contribution in [0.15, 0.2) is 41.0 Å². The van der Waals surface area contributed by atoms with E-state index in [4.69, 9.17) is 4.42 Å². The third-order valence-electron chi connectivity index (χ3n) is 3.48. The lowest BCUT2D eigenvalue weighted by Crippen LogP contribution is -2.23. The molecule has 2 rings (SSSR count). The average Bonchev–Trinajstić information content (AvgIpc) is 2.83. The maximum Gasteiger partial charge on any atom is 0.122 e. The van der Waals surface area contributed by atoms with Crippen LogP contribution in [0, 0.1) is 6.92 Å². The first-order valence-electron chi connectivity index (χ1n) is 7.57. The van der Waals surface area contributed by atoms with Gasteiger partial charge in [-0.1, -0.05) is 43.7 Å². The molecule has 1 aromatic heterocycles. The van der Waals surface area contributed by atoms with Gasteiger partial charge in [0.25, 0.3) is 0 Å². The van der Waals surface area contributed by atoms with Crippen molar-refractivity contribution in [1.29, 1.82) is 0 Å². The maximum atomic E-state index is 5.60. The molecule has 21 heavy (non-hydrogen) atoms. The lowest BCUT2D eigenvalue weighted by molar-refractivity contribution is 0.314. The zero-order chi connectivity index (χ0) is 15.2. The highest BCUT2D eigenvalue weighted by Gasteiger charge is 2.10. The third kappa shape index (κ3) is 5.03. The SMILES string of the molecule is Cc1cccc(CN(C)Cc2ccoc2CNC(C)C)c1. The van der Waals surface area contributed by atoms with Crippen LogP contribution in [-0.4, -0.2) is 18.0 Å². The van der Waals surface area contributed by atoms with Crippen molar-refractivity contribution in [3.63, 3.8) is 0 Å². The molecule has 0 amide bonds. The van der Waals surface area contributed by atoms with Crippen molar-refractivity contribution < 1.29 is 4.42 Å². The molecule has 0 aliphatic carbocycles. The molecule has 0 spiro atoms. The van der Waals surface area contributed by atoms with Gasteiger partial charge in [0.05, 0.1) is 12.8 Å². The van der Waals surface area contributed by atoms with Crippen molar-refractivity contribution in [3.05, 3.63) is 59.0 Å². The fraction of sp³-hybridized carbons (Fsp3) is 0.444. The summed E-state index contributed by atoms with van der Waals surface area (Å²) in [5.74, 6) is 1.04. The number of nitrogens with zero attached hydrogens (tertiary/aromatic N) is 1. The Bertz CT molecular complexity index is 560. The third-order valence-corrected chi connectivity index (χ3v) is 3.48. The zero-order valence-corrected chi connectivity index (χ0v) is 13.5. The number of rotatable bonds is 7. The molecule has 0 fully saturated rings. The van der Waals surface area contributed by atoms with Crippen LogP contribution in [0.5, 0.6) is 0 Å². The molecule has 0 aliphatic rings. The molecule has 1 heterocycles. The number of hydrogen-bond acceptors (Lipinski definition) is 3. The molecule has 3 heteroatoms. The van der Waals surface area contributed by atoms with Gasteiger partial charge in [0.15, 0.2) is 0 Å². The van der Waals surface area contributed by atoms with Crippen molar-refractivity contribution in [2.24, 2.45) is 0 Å². The van der Waals surface area contributed by atoms with Gasteiger partial charge >= 0.3 is 0 Å². The van der Waals surface area contributed by atoms with Gasteiger partial charge in [-0.2, -0.15) is 0 Å². The highest BCUT2D eigenvalue weighted by atomic mass is 16.3. The number of aryl methyl sites for hydroxylation is 1. The van der Waals surface area contributed by atoms with Gasteiger partial charge < -0.3 is 9.73 Å². The molecule has 0 saturated heterocycles. The fourth-order valence-electron chi connectivity index (χ4n) is 2.43. The van der Waals surface area contributed by atoms with Crippen LogP contribution < -0.4 is 5.32 Å². The van der Waals surface area contributed by atoms with Crippen LogP contribution in [0.3, 0.4) is 0 Å². The van der Waals surface area contributed by atoms with E-state index in [1.54, 1.807) is 6.26 Å². The molecule has 3 nitrogen and oxygen atoms in total. The van der Waals surface area contributed by atoms with E-state index in [0.29, 0.717) is 6.04 Å². The number of furan rings is 1. The van der Waals surface area contributed by atoms with E-state index in [1.807, 2.05) is 0 Å². The van der Waals surface area contributed by atoms with Gasteiger partial charge in [-0.15, -0.1) is 0 Å². The second kappa shape index (κ2) is 7.43. The molecule has 2 aromatic rings. The van der Waals surface area contributed by atoms with Gasteiger partial charge in [0.2, 0.25) is 0 Å². The minimum atomic E-state index is 0.466. The average molecular weight is 286 g/mol. The number of hydrogen-bond donors (Lipinski definition) is 1. The molecule has 0 unspecified atom stereocenters. The van der Waals surface area contributed by atoms with E-state index in [0.717, 1.165) is 25.4 Å². The van der Waals surface area contributed by atoms with Crippen LogP contribution in [0.1, 0.15) is 36.3 Å². The molecule has 0 aliphatic heterocycles. The van der Waals surface area contributed by atoms with Crippen molar-refractivity contribution in [3.8, 4) is 0 Å². The molecule has 114 valence electrons. The highest BCUT2D eigenvalue weighted by molar-refractivity contribution is 5.22. The van der Waals surface area contributed by atoms with Crippen LogP contribution in [-0.2, 0) is 19.6 Å². The zero-order valence-electron chi connectivity index (χ0n) is 13.5. The first kappa shape index (κ1) is 15.8. The second-order valence-electron chi connectivity index (χ2n) is 6.07. The second-order valence-corrected chi connectivity index (χ2v) is 6.07. The topological polar surface area (TPSA) is 28.4 Å². The van der Waals surface area contributed by atoms with Crippen molar-refractivity contribution in [1.82, 2.24) is 10.2 Å². The summed E-state index contributed by atoms with van der Waals surface area (Å²) in [6, 6.07) is 11.2. The minimum Gasteiger partial charge on any atom is -0.468 e. The van der Waals surface area contributed by atoms with Crippen LogP contribution >= 0.6 is 0 Å². The Morgan fingerprint density at radius 3 is 2.71 bits per heavy atom. The lowest BCUT2D eigenvalue weighted by atomic mass is 10.1. The van der Waals surface area contributed by atoms with E-state index < -0.39 is 0 Å². The summed E-state index contributed by atoms with van der Waals surface area (Å²) in [7, 11) is 2.15. The predicted octanol–water partition coefficient (Wildman–Crippen LogP) is 3.72. The number of nitrogens with one attached hydrogen (secondary N) is 1. The summed E-state index contributed by atoms with van der Waals surface area (Å²) in [5.41, 5.74) is 3.92. The molecule has 1 aromatic carbocycles. The van der Waals surface area contributed by atoms with Crippen LogP contribution in [0.25, 0.3) is 0 Å². The molecule has 0 atom stereocenters. The molecule has 1 N–H and O–H groups in total. The molecule has 0 bridgehead atoms. The van der Waals surface area contributed by atoms with Crippen molar-refractivity contribution in [2.45, 2.75) is 46.4 Å². The predicted molar refractivity (Wildman–Crippen MR) is 87.0 cm³/mol. The Morgan fingerprint density at radius 1 is 1.19 bits per heavy atom. The van der Waals surface area contributed by atoms with Gasteiger partial charge in [-0.05, 0) is 25.6 Å².